The predicted octanol–water partition coefficient (Wildman–Crippen LogP) is 4.51. The zero-order chi connectivity index (χ0) is 32.0. The van der Waals surface area contributed by atoms with Gasteiger partial charge in [-0.25, -0.2) is 8.78 Å². The maximum atomic E-state index is 16.8. The van der Waals surface area contributed by atoms with E-state index in [4.69, 9.17) is 16.1 Å². The molecular weight excluding hydrogens is 590 g/mol. The van der Waals surface area contributed by atoms with Crippen molar-refractivity contribution < 1.29 is 18.6 Å². The van der Waals surface area contributed by atoms with Crippen LogP contribution in [0.2, 0.25) is 0 Å². The van der Waals surface area contributed by atoms with Gasteiger partial charge in [0.1, 0.15) is 35.6 Å². The number of terminal acetylenes is 1. The Labute approximate surface area is 264 Å². The lowest BCUT2D eigenvalue weighted by atomic mass is 9.95. The fraction of sp³-hybridized carbons (Fsp3) is 0.382. The summed E-state index contributed by atoms with van der Waals surface area (Å²) in [5.41, 5.74) is 0.253. The first-order valence-corrected chi connectivity index (χ1v) is 15.2. The second kappa shape index (κ2) is 11.6. The summed E-state index contributed by atoms with van der Waals surface area (Å²) in [6.45, 7) is 2.32. The third-order valence-corrected chi connectivity index (χ3v) is 9.48. The van der Waals surface area contributed by atoms with Gasteiger partial charge >= 0.3 is 6.01 Å². The molecule has 0 saturated carbocycles. The number of benzene rings is 2. The molecule has 0 spiro atoms. The molecule has 12 heteroatoms. The Morgan fingerprint density at radius 3 is 2.83 bits per heavy atom. The summed E-state index contributed by atoms with van der Waals surface area (Å²) < 4.78 is 37.5. The molecule has 0 radical (unpaired) electrons. The van der Waals surface area contributed by atoms with Gasteiger partial charge < -0.3 is 19.6 Å². The highest BCUT2D eigenvalue weighted by Gasteiger charge is 2.49. The van der Waals surface area contributed by atoms with Gasteiger partial charge in [0.05, 0.1) is 29.5 Å². The predicted molar refractivity (Wildman–Crippen MR) is 167 cm³/mol. The molecule has 3 aliphatic rings. The average molecular weight is 621 g/mol. The topological polar surface area (TPSA) is 125 Å². The summed E-state index contributed by atoms with van der Waals surface area (Å²) in [6, 6.07) is 9.95. The number of halogens is 2. The smallest absolute Gasteiger partial charge is 0.319 e. The van der Waals surface area contributed by atoms with E-state index in [1.165, 1.54) is 12.3 Å². The third-order valence-electron chi connectivity index (χ3n) is 9.48. The average Bonchev–Trinajstić information content (AvgIpc) is 3.58. The number of hydrogen-bond donors (Lipinski definition) is 1. The van der Waals surface area contributed by atoms with Crippen molar-refractivity contribution in [1.29, 1.82) is 10.5 Å². The van der Waals surface area contributed by atoms with Crippen molar-refractivity contribution in [1.82, 2.24) is 24.8 Å². The van der Waals surface area contributed by atoms with Gasteiger partial charge in [0.2, 0.25) is 0 Å². The summed E-state index contributed by atoms with van der Waals surface area (Å²) >= 11 is 0. The molecule has 3 saturated heterocycles. The number of nitriles is 2. The fourth-order valence-corrected chi connectivity index (χ4v) is 7.34. The number of rotatable bonds is 6. The molecule has 3 aliphatic heterocycles. The number of ether oxygens (including phenoxy) is 1. The highest BCUT2D eigenvalue weighted by molar-refractivity contribution is 6.02. The molecule has 2 aromatic heterocycles. The molecule has 3 atom stereocenters. The van der Waals surface area contributed by atoms with Crippen LogP contribution < -0.4 is 9.64 Å². The van der Waals surface area contributed by atoms with E-state index in [0.29, 0.717) is 65.7 Å². The number of pyridine rings is 1. The zero-order valence-electron chi connectivity index (χ0n) is 25.0. The summed E-state index contributed by atoms with van der Waals surface area (Å²) in [5, 5.41) is 31.1. The van der Waals surface area contributed by atoms with Crippen LogP contribution in [0.25, 0.3) is 32.9 Å². The largest absolute Gasteiger partial charge is 0.508 e. The Balaban J connectivity index is 1.36. The first-order chi connectivity index (χ1) is 22.3. The minimum Gasteiger partial charge on any atom is -0.508 e. The number of phenols is 1. The molecule has 10 nitrogen and oxygen atoms in total. The Morgan fingerprint density at radius 1 is 1.15 bits per heavy atom. The van der Waals surface area contributed by atoms with Gasteiger partial charge in [-0.05, 0) is 43.0 Å². The molecule has 0 unspecified atom stereocenters. The van der Waals surface area contributed by atoms with Crippen LogP contribution in [0, 0.1) is 40.9 Å². The van der Waals surface area contributed by atoms with Gasteiger partial charge in [0.25, 0.3) is 0 Å². The second-order valence-corrected chi connectivity index (χ2v) is 12.2. The number of phenolic OH excluding ortho intramolecular Hbond substituents is 1. The van der Waals surface area contributed by atoms with Crippen LogP contribution >= 0.6 is 0 Å². The summed E-state index contributed by atoms with van der Waals surface area (Å²) in [5.74, 6) is 2.17. The molecule has 5 heterocycles. The van der Waals surface area contributed by atoms with Crippen molar-refractivity contribution in [3.63, 3.8) is 0 Å². The Morgan fingerprint density at radius 2 is 2.02 bits per heavy atom. The van der Waals surface area contributed by atoms with E-state index in [2.05, 4.69) is 33.1 Å². The van der Waals surface area contributed by atoms with Crippen LogP contribution in [0.4, 0.5) is 14.6 Å². The molecular formula is C34H30F2N8O2. The van der Waals surface area contributed by atoms with Gasteiger partial charge in [-0.15, -0.1) is 6.42 Å². The fourth-order valence-electron chi connectivity index (χ4n) is 7.34. The molecule has 0 aliphatic carbocycles. The monoisotopic (exact) mass is 620 g/mol. The minimum atomic E-state index is -0.943. The van der Waals surface area contributed by atoms with Crippen LogP contribution in [0.15, 0.2) is 36.5 Å². The third kappa shape index (κ3) is 4.94. The van der Waals surface area contributed by atoms with Gasteiger partial charge in [-0.3, -0.25) is 9.88 Å². The number of aromatic nitrogens is 3. The van der Waals surface area contributed by atoms with Gasteiger partial charge in [-0.1, -0.05) is 18.1 Å². The van der Waals surface area contributed by atoms with E-state index in [1.54, 1.807) is 29.2 Å². The van der Waals surface area contributed by atoms with Crippen molar-refractivity contribution in [3.05, 3.63) is 47.9 Å². The van der Waals surface area contributed by atoms with Crippen LogP contribution in [0.5, 0.6) is 11.8 Å². The normalized spacial score (nSPS) is 22.8. The van der Waals surface area contributed by atoms with E-state index in [9.17, 15) is 20.0 Å². The van der Waals surface area contributed by atoms with Crippen LogP contribution in [-0.4, -0.2) is 86.9 Å². The quantitative estimate of drug-likeness (QED) is 0.243. The number of fused-ring (bicyclic) bond motifs is 3. The Hall–Kier alpha value is -5.25. The van der Waals surface area contributed by atoms with E-state index < -0.39 is 17.5 Å². The van der Waals surface area contributed by atoms with E-state index in [0.717, 1.165) is 19.4 Å². The maximum Gasteiger partial charge on any atom is 0.319 e. The van der Waals surface area contributed by atoms with Crippen molar-refractivity contribution in [2.75, 3.05) is 44.2 Å². The molecule has 0 amide bonds. The first-order valence-electron chi connectivity index (χ1n) is 15.2. The highest BCUT2D eigenvalue weighted by atomic mass is 19.1. The number of aromatic hydroxyl groups is 1. The van der Waals surface area contributed by atoms with E-state index in [-0.39, 0.29) is 42.0 Å². The molecule has 0 bridgehead atoms. The molecule has 46 heavy (non-hydrogen) atoms. The maximum absolute atomic E-state index is 16.8. The van der Waals surface area contributed by atoms with E-state index in [1.807, 2.05) is 4.90 Å². The lowest BCUT2D eigenvalue weighted by molar-refractivity contribution is 0.107. The lowest BCUT2D eigenvalue weighted by Gasteiger charge is -2.38. The summed E-state index contributed by atoms with van der Waals surface area (Å²) in [6.07, 6.45) is 10.7. The van der Waals surface area contributed by atoms with Crippen LogP contribution in [-0.2, 0) is 0 Å². The number of piperazine rings is 1. The molecule has 7 rings (SSSR count). The number of hydrogen-bond acceptors (Lipinski definition) is 10. The van der Waals surface area contributed by atoms with Crippen molar-refractivity contribution in [2.45, 2.75) is 43.4 Å². The van der Waals surface area contributed by atoms with Crippen LogP contribution in [0.3, 0.4) is 0 Å². The van der Waals surface area contributed by atoms with Crippen molar-refractivity contribution in [2.24, 2.45) is 0 Å². The van der Waals surface area contributed by atoms with Crippen molar-refractivity contribution in [3.8, 4) is 47.6 Å². The zero-order valence-corrected chi connectivity index (χ0v) is 25.0. The molecule has 232 valence electrons. The summed E-state index contributed by atoms with van der Waals surface area (Å²) in [7, 11) is 0. The number of nitrogens with zero attached hydrogens (tertiary/aromatic N) is 8. The molecule has 4 aromatic rings. The lowest BCUT2D eigenvalue weighted by Crippen LogP contribution is -2.51. The minimum absolute atomic E-state index is 0.0465. The Kier molecular flexibility index (Phi) is 7.43. The SMILES string of the molecule is C#Cc1cccc2cc(O)cc(-c3ncc4c(N5CCN(C#N)[C@@H](CC#N)C5)nc(OC[C@@]56CCCN5C[C@H](F)C6)nc4c3F)c12. The first kappa shape index (κ1) is 29.5. The Bertz CT molecular complexity index is 1990. The van der Waals surface area contributed by atoms with Crippen LogP contribution in [0.1, 0.15) is 31.2 Å². The second-order valence-electron chi connectivity index (χ2n) is 12.2. The van der Waals surface area contributed by atoms with Crippen molar-refractivity contribution >= 4 is 27.5 Å². The molecule has 1 N–H and O–H groups in total. The van der Waals surface area contributed by atoms with Gasteiger partial charge in [0.15, 0.2) is 12.0 Å². The molecule has 3 fully saturated rings. The highest BCUT2D eigenvalue weighted by Crippen LogP contribution is 2.41. The number of anilines is 1. The molecule has 2 aromatic carbocycles. The number of alkyl halides is 1. The summed E-state index contributed by atoms with van der Waals surface area (Å²) in [4.78, 5) is 19.3. The van der Waals surface area contributed by atoms with Gasteiger partial charge in [0, 0.05) is 55.3 Å². The standard InChI is InChI=1S/C34H30F2N8O2/c1-2-21-5-3-6-22-13-25(45)14-26(28(21)22)30-29(36)31-27(16-39-30)32(42-11-12-43(20-38)24(18-42)7-9-37)41-33(40-31)46-19-34-8-4-10-44(34)17-23(35)15-34/h1,3,5-6,13-14,16,23-24,45H,4,7-8,10-12,15,17-19H2/t23-,24+,34+/m1/s1. The van der Waals surface area contributed by atoms with Gasteiger partial charge in [-0.2, -0.15) is 20.5 Å². The van der Waals surface area contributed by atoms with E-state index >= 15 is 4.39 Å².